The summed E-state index contributed by atoms with van der Waals surface area (Å²) in [7, 11) is 0. The molecule has 1 aromatic carbocycles. The van der Waals surface area contributed by atoms with Crippen molar-refractivity contribution in [2.75, 3.05) is 0 Å². The first-order valence-corrected chi connectivity index (χ1v) is 8.54. The van der Waals surface area contributed by atoms with E-state index in [0.717, 1.165) is 44.1 Å². The average Bonchev–Trinajstić information content (AvgIpc) is 2.42. The number of benzene rings is 1. The van der Waals surface area contributed by atoms with E-state index < -0.39 is 11.7 Å². The Bertz CT molecular complexity index is 475. The van der Waals surface area contributed by atoms with Crippen LogP contribution in [-0.2, 0) is 6.18 Å². The van der Waals surface area contributed by atoms with Gasteiger partial charge >= 0.3 is 6.18 Å². The first-order valence-electron chi connectivity index (χ1n) is 7.46. The SMILES string of the molecule is CCCC/C=C(\CCCC)c1ccc(C(F)(F)F)cc1I. The maximum absolute atomic E-state index is 12.7. The van der Waals surface area contributed by atoms with Crippen molar-refractivity contribution in [2.45, 2.75) is 58.5 Å². The minimum absolute atomic E-state index is 0.570. The summed E-state index contributed by atoms with van der Waals surface area (Å²) in [6, 6.07) is 4.06. The molecule has 0 aliphatic heterocycles. The lowest BCUT2D eigenvalue weighted by Crippen LogP contribution is -2.05. The fraction of sp³-hybridized carbons (Fsp3) is 0.529. The van der Waals surface area contributed by atoms with E-state index in [0.29, 0.717) is 3.57 Å². The van der Waals surface area contributed by atoms with Gasteiger partial charge in [-0.15, -0.1) is 0 Å². The molecule has 1 aromatic rings. The second-order valence-corrected chi connectivity index (χ2v) is 6.33. The van der Waals surface area contributed by atoms with Crippen molar-refractivity contribution in [3.8, 4) is 0 Å². The van der Waals surface area contributed by atoms with Crippen molar-refractivity contribution in [1.82, 2.24) is 0 Å². The van der Waals surface area contributed by atoms with Crippen LogP contribution in [0.4, 0.5) is 13.2 Å². The largest absolute Gasteiger partial charge is 0.416 e. The number of alkyl halides is 3. The van der Waals surface area contributed by atoms with E-state index >= 15 is 0 Å². The summed E-state index contributed by atoms with van der Waals surface area (Å²) in [5, 5.41) is 0. The van der Waals surface area contributed by atoms with Gasteiger partial charge in [0.2, 0.25) is 0 Å². The highest BCUT2D eigenvalue weighted by atomic mass is 127. The zero-order valence-corrected chi connectivity index (χ0v) is 14.7. The van der Waals surface area contributed by atoms with E-state index in [1.54, 1.807) is 6.07 Å². The van der Waals surface area contributed by atoms with E-state index in [4.69, 9.17) is 0 Å². The quantitative estimate of drug-likeness (QED) is 0.333. The summed E-state index contributed by atoms with van der Waals surface area (Å²) in [4.78, 5) is 0. The number of allylic oxidation sites excluding steroid dienone is 2. The van der Waals surface area contributed by atoms with Gasteiger partial charge in [0.05, 0.1) is 5.56 Å². The highest BCUT2D eigenvalue weighted by Gasteiger charge is 2.30. The highest BCUT2D eigenvalue weighted by Crippen LogP contribution is 2.34. The molecular formula is C17H22F3I. The second-order valence-electron chi connectivity index (χ2n) is 5.17. The lowest BCUT2D eigenvalue weighted by atomic mass is 9.97. The Hall–Kier alpha value is -0.520. The van der Waals surface area contributed by atoms with E-state index in [1.165, 1.54) is 17.7 Å². The standard InChI is InChI=1S/C17H22F3I/c1-3-5-7-9-13(8-6-4-2)15-11-10-14(12-16(15)21)17(18,19)20/h9-12H,3-8H2,1-2H3/b13-9+. The summed E-state index contributed by atoms with van der Waals surface area (Å²) >= 11 is 2.01. The van der Waals surface area contributed by atoms with Crippen molar-refractivity contribution < 1.29 is 13.2 Å². The Morgan fingerprint density at radius 3 is 2.33 bits per heavy atom. The molecule has 0 aliphatic rings. The number of hydrogen-bond acceptors (Lipinski definition) is 0. The van der Waals surface area contributed by atoms with Crippen molar-refractivity contribution in [3.05, 3.63) is 39.0 Å². The smallest absolute Gasteiger partial charge is 0.166 e. The van der Waals surface area contributed by atoms with Gasteiger partial charge in [0.1, 0.15) is 0 Å². The molecule has 0 aromatic heterocycles. The topological polar surface area (TPSA) is 0 Å². The maximum Gasteiger partial charge on any atom is 0.416 e. The minimum atomic E-state index is -4.27. The third kappa shape index (κ3) is 6.01. The Morgan fingerprint density at radius 2 is 1.81 bits per heavy atom. The summed E-state index contributed by atoms with van der Waals surface area (Å²) in [5.74, 6) is 0. The zero-order chi connectivity index (χ0) is 15.9. The van der Waals surface area contributed by atoms with Crippen LogP contribution in [0.1, 0.15) is 63.5 Å². The van der Waals surface area contributed by atoms with Crippen LogP contribution in [0, 0.1) is 3.57 Å². The Kier molecular flexibility index (Phi) is 7.77. The van der Waals surface area contributed by atoms with Gasteiger partial charge in [-0.05, 0) is 65.1 Å². The molecule has 0 spiro atoms. The van der Waals surface area contributed by atoms with Crippen molar-refractivity contribution in [3.63, 3.8) is 0 Å². The summed E-state index contributed by atoms with van der Waals surface area (Å²) in [5.41, 5.74) is 1.57. The predicted octanol–water partition coefficient (Wildman–Crippen LogP) is 7.07. The van der Waals surface area contributed by atoms with Gasteiger partial charge in [0, 0.05) is 3.57 Å². The molecule has 0 aliphatic carbocycles. The molecule has 0 N–H and O–H groups in total. The fourth-order valence-electron chi connectivity index (χ4n) is 2.15. The average molecular weight is 410 g/mol. The molecule has 118 valence electrons. The normalized spacial score (nSPS) is 12.8. The Morgan fingerprint density at radius 1 is 1.14 bits per heavy atom. The molecule has 0 atom stereocenters. The van der Waals surface area contributed by atoms with Gasteiger partial charge in [-0.25, -0.2) is 0 Å². The molecule has 1 rings (SSSR count). The first-order chi connectivity index (χ1) is 9.90. The Labute approximate surface area is 139 Å². The highest BCUT2D eigenvalue weighted by molar-refractivity contribution is 14.1. The van der Waals surface area contributed by atoms with Gasteiger partial charge in [-0.3, -0.25) is 0 Å². The molecular weight excluding hydrogens is 388 g/mol. The van der Waals surface area contributed by atoms with E-state index in [2.05, 4.69) is 19.9 Å². The van der Waals surface area contributed by atoms with Crippen molar-refractivity contribution in [2.24, 2.45) is 0 Å². The zero-order valence-electron chi connectivity index (χ0n) is 12.6. The fourth-order valence-corrected chi connectivity index (χ4v) is 3.01. The molecule has 0 amide bonds. The summed E-state index contributed by atoms with van der Waals surface area (Å²) in [6.07, 6.45) is 4.25. The van der Waals surface area contributed by atoms with Crippen LogP contribution in [-0.4, -0.2) is 0 Å². The molecule has 0 radical (unpaired) electrons. The number of unbranched alkanes of at least 4 members (excludes halogenated alkanes) is 3. The Balaban J connectivity index is 3.04. The van der Waals surface area contributed by atoms with Crippen LogP contribution in [0.3, 0.4) is 0 Å². The van der Waals surface area contributed by atoms with Crippen LogP contribution in [0.5, 0.6) is 0 Å². The van der Waals surface area contributed by atoms with Gasteiger partial charge in [0.15, 0.2) is 0 Å². The van der Waals surface area contributed by atoms with Crippen LogP contribution in [0.15, 0.2) is 24.3 Å². The van der Waals surface area contributed by atoms with E-state index in [9.17, 15) is 13.2 Å². The molecule has 0 saturated carbocycles. The molecule has 4 heteroatoms. The monoisotopic (exact) mass is 410 g/mol. The van der Waals surface area contributed by atoms with E-state index in [-0.39, 0.29) is 0 Å². The molecule has 0 fully saturated rings. The lowest BCUT2D eigenvalue weighted by molar-refractivity contribution is -0.137. The molecule has 0 unspecified atom stereocenters. The predicted molar refractivity (Wildman–Crippen MR) is 91.2 cm³/mol. The van der Waals surface area contributed by atoms with Gasteiger partial charge < -0.3 is 0 Å². The summed E-state index contributed by atoms with van der Waals surface area (Å²) < 4.78 is 38.9. The van der Waals surface area contributed by atoms with Crippen LogP contribution in [0.25, 0.3) is 5.57 Å². The first kappa shape index (κ1) is 18.5. The lowest BCUT2D eigenvalue weighted by Gasteiger charge is -2.13. The third-order valence-electron chi connectivity index (χ3n) is 3.39. The molecule has 0 bridgehead atoms. The number of hydrogen-bond donors (Lipinski definition) is 0. The van der Waals surface area contributed by atoms with Crippen molar-refractivity contribution >= 4 is 28.2 Å². The van der Waals surface area contributed by atoms with Crippen molar-refractivity contribution in [1.29, 1.82) is 0 Å². The minimum Gasteiger partial charge on any atom is -0.166 e. The van der Waals surface area contributed by atoms with Crippen LogP contribution < -0.4 is 0 Å². The molecule has 21 heavy (non-hydrogen) atoms. The molecule has 0 saturated heterocycles. The summed E-state index contributed by atoms with van der Waals surface area (Å²) in [6.45, 7) is 4.27. The molecule has 0 nitrogen and oxygen atoms in total. The van der Waals surface area contributed by atoms with Crippen LogP contribution in [0.2, 0.25) is 0 Å². The second kappa shape index (κ2) is 8.81. The van der Waals surface area contributed by atoms with Gasteiger partial charge in [-0.1, -0.05) is 45.3 Å². The molecule has 0 heterocycles. The van der Waals surface area contributed by atoms with Gasteiger partial charge in [-0.2, -0.15) is 13.2 Å². The third-order valence-corrected chi connectivity index (χ3v) is 4.28. The van der Waals surface area contributed by atoms with E-state index in [1.807, 2.05) is 22.6 Å². The van der Waals surface area contributed by atoms with Crippen LogP contribution >= 0.6 is 22.6 Å². The van der Waals surface area contributed by atoms with Gasteiger partial charge in [0.25, 0.3) is 0 Å². The maximum atomic E-state index is 12.7. The number of halogens is 4. The number of rotatable bonds is 7.